The fourth-order valence-corrected chi connectivity index (χ4v) is 7.55. The van der Waals surface area contributed by atoms with E-state index in [-0.39, 0.29) is 5.56 Å². The van der Waals surface area contributed by atoms with Crippen LogP contribution in [0.25, 0.3) is 44.4 Å². The van der Waals surface area contributed by atoms with Crippen LogP contribution in [0.4, 0.5) is 13.6 Å². The molecule has 1 atom stereocenters. The lowest BCUT2D eigenvalue weighted by atomic mass is 9.95. The molecule has 0 spiro atoms. The van der Waals surface area contributed by atoms with Gasteiger partial charge in [0.05, 0.1) is 35.3 Å². The molecular formula is C39H35ClF2N3O4PS. The fraction of sp³-hybridized carbons (Fsp3) is 0.205. The minimum Gasteiger partial charge on any atom is -0.465 e. The predicted octanol–water partition coefficient (Wildman–Crippen LogP) is 10.7. The summed E-state index contributed by atoms with van der Waals surface area (Å²) in [5, 5.41) is 6.87. The first-order chi connectivity index (χ1) is 24.2. The number of nitrogens with zero attached hydrogens (tertiary/aromatic N) is 3. The summed E-state index contributed by atoms with van der Waals surface area (Å²) in [4.78, 5) is 26.3. The predicted molar refractivity (Wildman–Crippen MR) is 203 cm³/mol. The van der Waals surface area contributed by atoms with Crippen LogP contribution in [0.2, 0.25) is 5.02 Å². The number of ether oxygens (including phenoxy) is 2. The first-order valence-electron chi connectivity index (χ1n) is 16.0. The van der Waals surface area contributed by atoms with Gasteiger partial charge >= 0.3 is 12.1 Å². The molecule has 2 aromatic heterocycles. The topological polar surface area (TPSA) is 75.3 Å². The number of aryl methyl sites for hydroxylation is 1. The lowest BCUT2D eigenvalue weighted by molar-refractivity contribution is 0.0509. The van der Waals surface area contributed by atoms with Crippen molar-refractivity contribution in [1.82, 2.24) is 13.8 Å². The van der Waals surface area contributed by atoms with Crippen LogP contribution < -0.4 is 5.30 Å². The number of hydrogen-bond acceptors (Lipinski definition) is 6. The molecule has 0 bridgehead atoms. The summed E-state index contributed by atoms with van der Waals surface area (Å²) in [5.41, 5.74) is 6.34. The second-order valence-corrected chi connectivity index (χ2v) is 15.1. The van der Waals surface area contributed by atoms with Gasteiger partial charge in [-0.15, -0.1) is 9.24 Å². The molecule has 6 aromatic rings. The number of carbonyl (C=O) groups excluding carboxylic acids is 2. The number of hydrogen-bond donors (Lipinski definition) is 0. The molecule has 6 rings (SSSR count). The average molecular weight is 746 g/mol. The number of methoxy groups -OCH3 is 1. The Morgan fingerprint density at radius 1 is 0.922 bits per heavy atom. The fourth-order valence-electron chi connectivity index (χ4n) is 5.99. The van der Waals surface area contributed by atoms with Crippen molar-refractivity contribution in [2.75, 3.05) is 7.11 Å². The molecular weight excluding hydrogens is 711 g/mol. The maximum Gasteiger partial charge on any atom is 0.435 e. The molecule has 0 radical (unpaired) electrons. The van der Waals surface area contributed by atoms with Crippen molar-refractivity contribution in [2.24, 2.45) is 0 Å². The van der Waals surface area contributed by atoms with E-state index in [1.807, 2.05) is 50.2 Å². The van der Waals surface area contributed by atoms with Gasteiger partial charge in [0.2, 0.25) is 0 Å². The molecule has 0 aliphatic heterocycles. The number of halogens is 3. The van der Waals surface area contributed by atoms with Crippen LogP contribution >= 0.6 is 32.8 Å². The van der Waals surface area contributed by atoms with Crippen LogP contribution in [0.3, 0.4) is 0 Å². The van der Waals surface area contributed by atoms with Gasteiger partial charge in [0.1, 0.15) is 5.60 Å². The standard InChI is InChI=1S/C39H35ClF2N3O4PS/c1-21-33(22(2)44(43-21)38(47)49-39(3,4)5)34-30-20-27(50)13-17-32(30)45(51-28-14-10-23(11-15-28)36(41)42)35(34)25-9-7-8-24(18-25)29-16-12-26(19-31(29)40)37(46)48-6/h7-20,36H,50H2,1-6H3. The maximum atomic E-state index is 13.5. The Bertz CT molecular complexity index is 2310. The van der Waals surface area contributed by atoms with E-state index in [9.17, 15) is 18.4 Å². The van der Waals surface area contributed by atoms with Gasteiger partial charge < -0.3 is 9.47 Å². The second-order valence-electron chi connectivity index (χ2n) is 13.0. The highest BCUT2D eigenvalue weighted by atomic mass is 35.5. The number of fused-ring (bicyclic) bond motifs is 1. The minimum atomic E-state index is -2.58. The third-order valence-corrected chi connectivity index (χ3v) is 9.94. The highest BCUT2D eigenvalue weighted by Gasteiger charge is 2.29. The third kappa shape index (κ3) is 7.31. The molecule has 0 aliphatic carbocycles. The molecule has 0 saturated carbocycles. The van der Waals surface area contributed by atoms with Crippen LogP contribution in [0.1, 0.15) is 54.5 Å². The summed E-state index contributed by atoms with van der Waals surface area (Å²) in [6.45, 7) is 9.10. The molecule has 12 heteroatoms. The van der Waals surface area contributed by atoms with Gasteiger partial charge in [-0.3, -0.25) is 3.97 Å². The molecule has 0 aliphatic rings. The van der Waals surface area contributed by atoms with Crippen molar-refractivity contribution in [3.05, 3.63) is 112 Å². The van der Waals surface area contributed by atoms with Gasteiger partial charge in [0, 0.05) is 43.1 Å². The Labute approximate surface area is 306 Å². The molecule has 0 fully saturated rings. The first kappa shape index (κ1) is 36.3. The molecule has 262 valence electrons. The van der Waals surface area contributed by atoms with Crippen molar-refractivity contribution in [3.63, 3.8) is 0 Å². The zero-order valence-corrected chi connectivity index (χ0v) is 31.5. The van der Waals surface area contributed by atoms with Crippen LogP contribution in [0, 0.1) is 13.8 Å². The minimum absolute atomic E-state index is 0.0612. The maximum absolute atomic E-state index is 13.5. The molecule has 4 aromatic carbocycles. The van der Waals surface area contributed by atoms with E-state index in [2.05, 4.69) is 24.4 Å². The smallest absolute Gasteiger partial charge is 0.435 e. The van der Waals surface area contributed by atoms with Crippen LogP contribution in [-0.4, -0.2) is 38.5 Å². The van der Waals surface area contributed by atoms with E-state index in [4.69, 9.17) is 21.1 Å². The van der Waals surface area contributed by atoms with E-state index in [1.165, 1.54) is 35.9 Å². The number of esters is 1. The Balaban J connectivity index is 1.63. The van der Waals surface area contributed by atoms with Gasteiger partial charge in [0.25, 0.3) is 6.43 Å². The van der Waals surface area contributed by atoms with E-state index >= 15 is 0 Å². The average Bonchev–Trinajstić information content (AvgIpc) is 3.55. The Hall–Kier alpha value is -4.50. The van der Waals surface area contributed by atoms with Crippen molar-refractivity contribution in [3.8, 4) is 33.5 Å². The summed E-state index contributed by atoms with van der Waals surface area (Å²) in [7, 11) is 4.06. The van der Waals surface area contributed by atoms with E-state index in [0.29, 0.717) is 27.5 Å². The van der Waals surface area contributed by atoms with Crippen LogP contribution in [-0.2, 0) is 9.47 Å². The molecule has 1 unspecified atom stereocenters. The Morgan fingerprint density at radius 3 is 2.27 bits per heavy atom. The van der Waals surface area contributed by atoms with Crippen molar-refractivity contribution < 1.29 is 27.8 Å². The Kier molecular flexibility index (Phi) is 10.1. The van der Waals surface area contributed by atoms with E-state index in [1.54, 1.807) is 51.1 Å². The zero-order valence-electron chi connectivity index (χ0n) is 28.8. The van der Waals surface area contributed by atoms with Gasteiger partial charge in [0.15, 0.2) is 0 Å². The largest absolute Gasteiger partial charge is 0.465 e. The number of benzene rings is 4. The van der Waals surface area contributed by atoms with Gasteiger partial charge in [-0.1, -0.05) is 54.1 Å². The number of aromatic nitrogens is 3. The number of alkyl halides is 2. The SMILES string of the molecule is COC(=O)c1ccc(-c2cccc(-c3c(-c4c(C)nn(C(=O)OC(C)(C)C)c4C)c4cc(P)ccc4n3Sc3ccc(C(F)F)cc3)c2)c(Cl)c1. The summed E-state index contributed by atoms with van der Waals surface area (Å²) < 4.78 is 40.9. The van der Waals surface area contributed by atoms with E-state index in [0.717, 1.165) is 49.1 Å². The highest BCUT2D eigenvalue weighted by molar-refractivity contribution is 7.98. The van der Waals surface area contributed by atoms with Gasteiger partial charge in [-0.2, -0.15) is 9.78 Å². The second kappa shape index (κ2) is 14.3. The van der Waals surface area contributed by atoms with Crippen LogP contribution in [0.5, 0.6) is 0 Å². The summed E-state index contributed by atoms with van der Waals surface area (Å²) in [6, 6.07) is 25.2. The number of carbonyl (C=O) groups is 2. The molecule has 51 heavy (non-hydrogen) atoms. The zero-order chi connectivity index (χ0) is 36.8. The van der Waals surface area contributed by atoms with Crippen molar-refractivity contribution in [1.29, 1.82) is 0 Å². The van der Waals surface area contributed by atoms with E-state index < -0.39 is 24.1 Å². The summed E-state index contributed by atoms with van der Waals surface area (Å²) in [5.74, 6) is -0.490. The molecule has 0 saturated heterocycles. The number of rotatable bonds is 7. The van der Waals surface area contributed by atoms with Gasteiger partial charge in [-0.25, -0.2) is 18.4 Å². The molecule has 0 N–H and O–H groups in total. The lowest BCUT2D eigenvalue weighted by Gasteiger charge is -2.19. The normalized spacial score (nSPS) is 11.7. The quantitative estimate of drug-likeness (QED) is 0.120. The van der Waals surface area contributed by atoms with Crippen LogP contribution in [0.15, 0.2) is 89.8 Å². The summed E-state index contributed by atoms with van der Waals surface area (Å²) in [6.07, 6.45) is -3.17. The Morgan fingerprint density at radius 2 is 1.63 bits per heavy atom. The first-order valence-corrected chi connectivity index (χ1v) is 17.7. The summed E-state index contributed by atoms with van der Waals surface area (Å²) >= 11 is 8.13. The monoisotopic (exact) mass is 745 g/mol. The lowest BCUT2D eigenvalue weighted by Crippen LogP contribution is -2.28. The van der Waals surface area contributed by atoms with Gasteiger partial charge in [-0.05, 0) is 99.9 Å². The van der Waals surface area contributed by atoms with Crippen molar-refractivity contribution in [2.45, 2.75) is 51.5 Å². The third-order valence-electron chi connectivity index (χ3n) is 8.22. The molecule has 0 amide bonds. The molecule has 2 heterocycles. The molecule has 7 nitrogen and oxygen atoms in total. The van der Waals surface area contributed by atoms with Crippen molar-refractivity contribution >= 4 is 61.1 Å². The highest BCUT2D eigenvalue weighted by Crippen LogP contribution is 2.47.